The Balaban J connectivity index is 1.72. The van der Waals surface area contributed by atoms with Crippen LogP contribution in [-0.4, -0.2) is 60.9 Å². The van der Waals surface area contributed by atoms with Crippen molar-refractivity contribution >= 4 is 15.9 Å². The average molecular weight is 352 g/mol. The molecule has 2 fully saturated rings. The fourth-order valence-corrected chi connectivity index (χ4v) is 4.79. The van der Waals surface area contributed by atoms with Gasteiger partial charge in [-0.05, 0) is 49.9 Å². The molecule has 6 nitrogen and oxygen atoms in total. The van der Waals surface area contributed by atoms with Crippen LogP contribution in [0.15, 0.2) is 29.2 Å². The Morgan fingerprint density at radius 1 is 0.958 bits per heavy atom. The largest absolute Gasteiger partial charge is 0.393 e. The molecular weight excluding hydrogens is 328 g/mol. The van der Waals surface area contributed by atoms with Crippen molar-refractivity contribution in [1.82, 2.24) is 9.21 Å². The summed E-state index contributed by atoms with van der Waals surface area (Å²) in [5.74, 6) is -0.108. The number of rotatable bonds is 3. The minimum absolute atomic E-state index is 0.108. The van der Waals surface area contributed by atoms with E-state index in [1.807, 2.05) is 0 Å². The number of nitrogens with zero attached hydrogens (tertiary/aromatic N) is 2. The number of benzene rings is 1. The predicted octanol–water partition coefficient (Wildman–Crippen LogP) is 1.46. The molecule has 2 aliphatic heterocycles. The number of amides is 1. The molecule has 0 radical (unpaired) electrons. The molecule has 132 valence electrons. The van der Waals surface area contributed by atoms with Crippen LogP contribution in [0, 0.1) is 0 Å². The number of carbonyl (C=O) groups is 1. The molecule has 1 amide bonds. The number of likely N-dealkylation sites (tertiary alicyclic amines) is 1. The Kier molecular flexibility index (Phi) is 5.22. The van der Waals surface area contributed by atoms with E-state index in [9.17, 15) is 18.3 Å². The van der Waals surface area contributed by atoms with E-state index in [0.717, 1.165) is 19.3 Å². The van der Waals surface area contributed by atoms with Crippen molar-refractivity contribution in [1.29, 1.82) is 0 Å². The molecule has 2 aliphatic rings. The fraction of sp³-hybridized carbons (Fsp3) is 0.588. The normalized spacial score (nSPS) is 21.0. The molecule has 2 saturated heterocycles. The van der Waals surface area contributed by atoms with Gasteiger partial charge in [-0.2, -0.15) is 4.31 Å². The van der Waals surface area contributed by atoms with Crippen LogP contribution in [0.3, 0.4) is 0 Å². The summed E-state index contributed by atoms with van der Waals surface area (Å²) in [5, 5.41) is 9.52. The topological polar surface area (TPSA) is 77.9 Å². The van der Waals surface area contributed by atoms with Crippen LogP contribution in [0.25, 0.3) is 0 Å². The van der Waals surface area contributed by atoms with Crippen LogP contribution in [0.2, 0.25) is 0 Å². The lowest BCUT2D eigenvalue weighted by Gasteiger charge is -2.29. The van der Waals surface area contributed by atoms with E-state index < -0.39 is 10.0 Å². The second-order valence-electron chi connectivity index (χ2n) is 6.51. The second kappa shape index (κ2) is 7.21. The van der Waals surface area contributed by atoms with Gasteiger partial charge in [0.25, 0.3) is 5.91 Å². The van der Waals surface area contributed by atoms with Crippen molar-refractivity contribution in [3.8, 4) is 0 Å². The number of aliphatic hydroxyl groups excluding tert-OH is 1. The third-order valence-electron chi connectivity index (χ3n) is 4.81. The summed E-state index contributed by atoms with van der Waals surface area (Å²) in [5.41, 5.74) is 0.490. The Labute approximate surface area is 143 Å². The van der Waals surface area contributed by atoms with Crippen LogP contribution in [0.4, 0.5) is 0 Å². The van der Waals surface area contributed by atoms with Gasteiger partial charge in [0.1, 0.15) is 0 Å². The first-order valence-electron chi connectivity index (χ1n) is 8.56. The van der Waals surface area contributed by atoms with E-state index in [-0.39, 0.29) is 16.9 Å². The average Bonchev–Trinajstić information content (AvgIpc) is 2.62. The SMILES string of the molecule is O=C(c1ccc(S(=O)(=O)N2CCCCC2)cc1)N1CCC(O)CC1. The number of sulfonamides is 1. The van der Waals surface area contributed by atoms with Gasteiger partial charge in [0, 0.05) is 31.7 Å². The molecule has 7 heteroatoms. The van der Waals surface area contributed by atoms with Crippen LogP contribution in [0.1, 0.15) is 42.5 Å². The molecule has 1 aromatic carbocycles. The van der Waals surface area contributed by atoms with Gasteiger partial charge in [0.2, 0.25) is 10.0 Å². The zero-order valence-electron chi connectivity index (χ0n) is 13.7. The van der Waals surface area contributed by atoms with E-state index in [4.69, 9.17) is 0 Å². The maximum atomic E-state index is 12.6. The molecule has 0 unspecified atom stereocenters. The molecule has 0 atom stereocenters. The number of hydrogen-bond acceptors (Lipinski definition) is 4. The monoisotopic (exact) mass is 352 g/mol. The van der Waals surface area contributed by atoms with Crippen LogP contribution < -0.4 is 0 Å². The minimum atomic E-state index is -3.46. The Bertz CT molecular complexity index is 673. The molecule has 24 heavy (non-hydrogen) atoms. The third-order valence-corrected chi connectivity index (χ3v) is 6.72. The van der Waals surface area contributed by atoms with Gasteiger partial charge < -0.3 is 10.0 Å². The molecule has 1 aromatic rings. The maximum absolute atomic E-state index is 12.6. The van der Waals surface area contributed by atoms with Crippen molar-refractivity contribution in [2.45, 2.75) is 43.1 Å². The first-order chi connectivity index (χ1) is 11.5. The summed E-state index contributed by atoms with van der Waals surface area (Å²) in [6, 6.07) is 6.22. The van der Waals surface area contributed by atoms with E-state index in [0.29, 0.717) is 44.6 Å². The van der Waals surface area contributed by atoms with Crippen molar-refractivity contribution in [3.05, 3.63) is 29.8 Å². The Morgan fingerprint density at radius 2 is 1.54 bits per heavy atom. The van der Waals surface area contributed by atoms with Crippen LogP contribution in [-0.2, 0) is 10.0 Å². The summed E-state index contributed by atoms with van der Waals surface area (Å²) >= 11 is 0. The van der Waals surface area contributed by atoms with Gasteiger partial charge in [0.05, 0.1) is 11.0 Å². The van der Waals surface area contributed by atoms with E-state index >= 15 is 0 Å². The van der Waals surface area contributed by atoms with Crippen molar-refractivity contribution in [2.75, 3.05) is 26.2 Å². The van der Waals surface area contributed by atoms with Gasteiger partial charge in [0.15, 0.2) is 0 Å². The maximum Gasteiger partial charge on any atom is 0.253 e. The highest BCUT2D eigenvalue weighted by Gasteiger charge is 2.27. The molecule has 0 bridgehead atoms. The predicted molar refractivity (Wildman–Crippen MR) is 90.2 cm³/mol. The lowest BCUT2D eigenvalue weighted by molar-refractivity contribution is 0.0546. The van der Waals surface area contributed by atoms with Crippen molar-refractivity contribution in [3.63, 3.8) is 0 Å². The Morgan fingerprint density at radius 3 is 2.12 bits per heavy atom. The minimum Gasteiger partial charge on any atom is -0.393 e. The first-order valence-corrected chi connectivity index (χ1v) is 10.00. The summed E-state index contributed by atoms with van der Waals surface area (Å²) in [7, 11) is -3.46. The van der Waals surface area contributed by atoms with Gasteiger partial charge in [-0.25, -0.2) is 8.42 Å². The number of carbonyl (C=O) groups excluding carboxylic acids is 1. The first kappa shape index (κ1) is 17.4. The quantitative estimate of drug-likeness (QED) is 0.893. The van der Waals surface area contributed by atoms with E-state index in [1.54, 1.807) is 17.0 Å². The van der Waals surface area contributed by atoms with Crippen molar-refractivity contribution < 1.29 is 18.3 Å². The molecule has 1 N–H and O–H groups in total. The summed E-state index contributed by atoms with van der Waals surface area (Å²) in [6.07, 6.45) is 3.73. The molecule has 2 heterocycles. The zero-order chi connectivity index (χ0) is 17.2. The highest BCUT2D eigenvalue weighted by molar-refractivity contribution is 7.89. The standard InChI is InChI=1S/C17H24N2O4S/c20-15-8-12-18(13-9-15)17(21)14-4-6-16(7-5-14)24(22,23)19-10-2-1-3-11-19/h4-7,15,20H,1-3,8-13H2. The lowest BCUT2D eigenvalue weighted by Crippen LogP contribution is -2.40. The second-order valence-corrected chi connectivity index (χ2v) is 8.45. The Hall–Kier alpha value is -1.44. The smallest absolute Gasteiger partial charge is 0.253 e. The van der Waals surface area contributed by atoms with E-state index in [2.05, 4.69) is 0 Å². The fourth-order valence-electron chi connectivity index (χ4n) is 3.28. The molecule has 0 aliphatic carbocycles. The number of hydrogen-bond donors (Lipinski definition) is 1. The number of piperidine rings is 2. The summed E-state index contributed by atoms with van der Waals surface area (Å²) in [6.45, 7) is 2.21. The molecular formula is C17H24N2O4S. The third kappa shape index (κ3) is 3.63. The molecule has 3 rings (SSSR count). The van der Waals surface area contributed by atoms with Gasteiger partial charge in [-0.1, -0.05) is 6.42 Å². The summed E-state index contributed by atoms with van der Waals surface area (Å²) < 4.78 is 26.7. The van der Waals surface area contributed by atoms with Gasteiger partial charge in [-0.3, -0.25) is 4.79 Å². The molecule has 0 spiro atoms. The van der Waals surface area contributed by atoms with Crippen LogP contribution >= 0.6 is 0 Å². The highest BCUT2D eigenvalue weighted by Crippen LogP contribution is 2.21. The van der Waals surface area contributed by atoms with Gasteiger partial charge in [-0.15, -0.1) is 0 Å². The lowest BCUT2D eigenvalue weighted by atomic mass is 10.1. The van der Waals surface area contributed by atoms with Crippen LogP contribution in [0.5, 0.6) is 0 Å². The van der Waals surface area contributed by atoms with Gasteiger partial charge >= 0.3 is 0 Å². The zero-order valence-corrected chi connectivity index (χ0v) is 14.5. The molecule has 0 saturated carbocycles. The summed E-state index contributed by atoms with van der Waals surface area (Å²) in [4.78, 5) is 14.4. The van der Waals surface area contributed by atoms with E-state index in [1.165, 1.54) is 16.4 Å². The number of aliphatic hydroxyl groups is 1. The highest BCUT2D eigenvalue weighted by atomic mass is 32.2. The molecule has 0 aromatic heterocycles. The van der Waals surface area contributed by atoms with Crippen molar-refractivity contribution in [2.24, 2.45) is 0 Å².